The summed E-state index contributed by atoms with van der Waals surface area (Å²) in [5.74, 6) is 0. The molecule has 0 saturated heterocycles. The van der Waals surface area contributed by atoms with Crippen LogP contribution in [0.4, 0.5) is 0 Å². The smallest absolute Gasteiger partial charge is 0.744 e. The third-order valence-corrected chi connectivity index (χ3v) is 6.52. The number of benzene rings is 4. The van der Waals surface area contributed by atoms with Gasteiger partial charge in [0.2, 0.25) is 0 Å². The Balaban J connectivity index is 0.000000527. The zero-order chi connectivity index (χ0) is 26.6. The maximum Gasteiger partial charge on any atom is 1.00 e. The molecule has 0 spiro atoms. The molecule has 0 atom stereocenters. The Hall–Kier alpha value is -1.82. The first kappa shape index (κ1) is 36.2. The molecule has 0 aliphatic heterocycles. The van der Waals surface area contributed by atoms with Crippen LogP contribution in [0, 0.1) is 0 Å². The molecule has 0 N–H and O–H groups in total. The van der Waals surface area contributed by atoms with Crippen molar-refractivity contribution < 1.29 is 85.1 Å². The van der Waals surface area contributed by atoms with Crippen molar-refractivity contribution in [3.8, 4) is 11.1 Å². The van der Waals surface area contributed by atoms with Gasteiger partial charge in [-0.1, -0.05) is 122 Å². The van der Waals surface area contributed by atoms with Crippen molar-refractivity contribution in [1.29, 1.82) is 0 Å². The average molecular weight is 567 g/mol. The van der Waals surface area contributed by atoms with Crippen molar-refractivity contribution in [2.75, 3.05) is 0 Å². The van der Waals surface area contributed by atoms with Gasteiger partial charge in [0, 0.05) is 0 Å². The first-order valence-corrected chi connectivity index (χ1v) is 13.3. The van der Waals surface area contributed by atoms with E-state index >= 15 is 0 Å². The molecule has 4 aromatic carbocycles. The van der Waals surface area contributed by atoms with Gasteiger partial charge in [-0.05, 0) is 34.4 Å². The summed E-state index contributed by atoms with van der Waals surface area (Å²) in [5.41, 5.74) is 3.23. The Bertz CT molecular complexity index is 1390. The van der Waals surface area contributed by atoms with Gasteiger partial charge in [-0.2, -0.15) is 0 Å². The predicted molar refractivity (Wildman–Crippen MR) is 141 cm³/mol. The molecule has 0 aromatic heterocycles. The molecule has 10 heteroatoms. The van der Waals surface area contributed by atoms with E-state index in [1.54, 1.807) is 12.1 Å². The number of hydrogen-bond acceptors (Lipinski definition) is 6. The zero-order valence-electron chi connectivity index (χ0n) is 21.2. The summed E-state index contributed by atoms with van der Waals surface area (Å²) in [6.45, 7) is 6.80. The van der Waals surface area contributed by atoms with E-state index in [4.69, 9.17) is 0 Å². The molecule has 6 nitrogen and oxygen atoms in total. The molecular formula is C28H24Na2O6S2. The molecule has 0 aliphatic carbocycles. The van der Waals surface area contributed by atoms with E-state index in [0.717, 1.165) is 0 Å². The van der Waals surface area contributed by atoms with Crippen LogP contribution in [-0.2, 0) is 20.2 Å². The summed E-state index contributed by atoms with van der Waals surface area (Å²) in [7, 11) is -8.73. The summed E-state index contributed by atoms with van der Waals surface area (Å²) in [6.07, 6.45) is 2.68. The second-order valence-electron chi connectivity index (χ2n) is 7.12. The summed E-state index contributed by atoms with van der Waals surface area (Å²) < 4.78 is 63.7. The van der Waals surface area contributed by atoms with Crippen LogP contribution in [0.5, 0.6) is 0 Å². The summed E-state index contributed by atoms with van der Waals surface area (Å²) in [6, 6.07) is 32.6. The van der Waals surface area contributed by atoms with Crippen molar-refractivity contribution in [2.45, 2.75) is 9.79 Å². The Morgan fingerprint density at radius 3 is 0.974 bits per heavy atom. The fourth-order valence-electron chi connectivity index (χ4n) is 3.01. The first-order chi connectivity index (χ1) is 17.1. The maximum absolute atomic E-state index is 10.6. The summed E-state index contributed by atoms with van der Waals surface area (Å²) >= 11 is 0. The molecule has 0 unspecified atom stereocenters. The molecule has 0 heterocycles. The van der Waals surface area contributed by atoms with E-state index in [9.17, 15) is 25.9 Å². The molecular weight excluding hydrogens is 542 g/mol. The Morgan fingerprint density at radius 2 is 0.737 bits per heavy atom. The minimum atomic E-state index is -4.37. The van der Waals surface area contributed by atoms with Crippen LogP contribution in [0.3, 0.4) is 0 Å². The van der Waals surface area contributed by atoms with Crippen LogP contribution >= 0.6 is 0 Å². The van der Waals surface area contributed by atoms with Gasteiger partial charge in [0.1, 0.15) is 20.2 Å². The van der Waals surface area contributed by atoms with Crippen molar-refractivity contribution in [3.05, 3.63) is 133 Å². The molecule has 0 radical (unpaired) electrons. The van der Waals surface area contributed by atoms with E-state index in [-0.39, 0.29) is 68.9 Å². The van der Waals surface area contributed by atoms with E-state index in [0.29, 0.717) is 11.1 Å². The molecule has 0 aliphatic rings. The Morgan fingerprint density at radius 1 is 0.474 bits per heavy atom. The van der Waals surface area contributed by atoms with E-state index in [1.807, 2.05) is 12.1 Å². The zero-order valence-corrected chi connectivity index (χ0v) is 26.9. The van der Waals surface area contributed by atoms with E-state index < -0.39 is 20.2 Å². The molecule has 0 saturated carbocycles. The van der Waals surface area contributed by atoms with Crippen molar-refractivity contribution in [3.63, 3.8) is 0 Å². The summed E-state index contributed by atoms with van der Waals surface area (Å²) in [5, 5.41) is 0. The van der Waals surface area contributed by atoms with E-state index in [2.05, 4.69) is 61.7 Å². The van der Waals surface area contributed by atoms with Crippen molar-refractivity contribution in [1.82, 2.24) is 0 Å². The Kier molecular flexibility index (Phi) is 16.9. The molecule has 186 valence electrons. The second kappa shape index (κ2) is 17.7. The van der Waals surface area contributed by atoms with Gasteiger partial charge in [-0.25, -0.2) is 16.8 Å². The average Bonchev–Trinajstić information content (AvgIpc) is 2.89. The third kappa shape index (κ3) is 11.9. The molecule has 0 fully saturated rings. The number of rotatable bonds is 5. The third-order valence-electron chi connectivity index (χ3n) is 4.70. The van der Waals surface area contributed by atoms with Gasteiger partial charge in [-0.15, -0.1) is 0 Å². The normalized spacial score (nSPS) is 10.1. The second-order valence-corrected chi connectivity index (χ2v) is 9.82. The van der Waals surface area contributed by atoms with Crippen LogP contribution in [0.15, 0.2) is 132 Å². The minimum absolute atomic E-state index is 0. The SMILES string of the molecule is C=Cc1ccccc1S(=O)(=O)[O-].C=Cc1ccccc1S(=O)(=O)[O-].[Na+].[Na+].c1ccc(-c2ccccc2)cc1. The maximum atomic E-state index is 10.6. The molecule has 0 amide bonds. The fourth-order valence-corrected chi connectivity index (χ4v) is 4.39. The Labute approximate surface area is 269 Å². The summed E-state index contributed by atoms with van der Waals surface area (Å²) in [4.78, 5) is -0.444. The fraction of sp³-hybridized carbons (Fsp3) is 0. The molecule has 38 heavy (non-hydrogen) atoms. The van der Waals surface area contributed by atoms with Crippen molar-refractivity contribution in [2.24, 2.45) is 0 Å². The predicted octanol–water partition coefficient (Wildman–Crippen LogP) is -0.171. The van der Waals surface area contributed by atoms with Crippen LogP contribution in [0.2, 0.25) is 0 Å². The monoisotopic (exact) mass is 566 g/mol. The van der Waals surface area contributed by atoms with Crippen LogP contribution in [0.25, 0.3) is 23.3 Å². The standard InChI is InChI=1S/C12H10.2C8H8O3S.2Na/c1-3-7-11(8-4-1)12-9-5-2-6-10-12;2*1-2-7-5-3-4-6-8(7)12(9,10)11;;/h1-10H;2*2-6H,1H2,(H,9,10,11);;/q;;;2*+1/p-2. The van der Waals surface area contributed by atoms with E-state index in [1.165, 1.54) is 59.7 Å². The quantitative estimate of drug-likeness (QED) is 0.245. The van der Waals surface area contributed by atoms with Gasteiger partial charge in [0.25, 0.3) is 0 Å². The van der Waals surface area contributed by atoms with Gasteiger partial charge in [0.05, 0.1) is 9.79 Å². The van der Waals surface area contributed by atoms with Crippen LogP contribution in [-0.4, -0.2) is 25.9 Å². The van der Waals surface area contributed by atoms with Crippen molar-refractivity contribution >= 4 is 32.4 Å². The van der Waals surface area contributed by atoms with Crippen LogP contribution < -0.4 is 59.1 Å². The molecule has 0 bridgehead atoms. The first-order valence-electron chi connectivity index (χ1n) is 10.5. The van der Waals surface area contributed by atoms with Gasteiger partial charge in [0.15, 0.2) is 0 Å². The van der Waals surface area contributed by atoms with Gasteiger partial charge >= 0.3 is 59.1 Å². The minimum Gasteiger partial charge on any atom is -0.744 e. The molecule has 4 aromatic rings. The topological polar surface area (TPSA) is 114 Å². The molecule has 4 rings (SSSR count). The largest absolute Gasteiger partial charge is 1.00 e. The van der Waals surface area contributed by atoms with Gasteiger partial charge in [-0.3, -0.25) is 0 Å². The van der Waals surface area contributed by atoms with Crippen LogP contribution in [0.1, 0.15) is 11.1 Å². The van der Waals surface area contributed by atoms with Gasteiger partial charge < -0.3 is 9.11 Å². The number of hydrogen-bond donors (Lipinski definition) is 0.